The topological polar surface area (TPSA) is 26.0 Å². The molecule has 0 amide bonds. The Morgan fingerprint density at radius 2 is 1.74 bits per heavy atom. The van der Waals surface area contributed by atoms with Crippen LogP contribution in [0.25, 0.3) is 0 Å². The average Bonchev–Trinajstić information content (AvgIpc) is 2.39. The quantitative estimate of drug-likeness (QED) is 0.883. The summed E-state index contributed by atoms with van der Waals surface area (Å²) in [4.78, 5) is 0. The zero-order valence-electron chi connectivity index (χ0n) is 10.1. The fourth-order valence-electron chi connectivity index (χ4n) is 1.79. The van der Waals surface area contributed by atoms with E-state index in [-0.39, 0.29) is 16.1 Å². The van der Waals surface area contributed by atoms with Crippen LogP contribution in [0.3, 0.4) is 0 Å². The molecule has 0 radical (unpaired) electrons. The Hall–Kier alpha value is -1.52. The molecule has 19 heavy (non-hydrogen) atoms. The van der Waals surface area contributed by atoms with E-state index in [9.17, 15) is 13.2 Å². The number of nitrogens with two attached hydrogens (primary N) is 1. The van der Waals surface area contributed by atoms with Gasteiger partial charge in [-0.25, -0.2) is 13.2 Å². The van der Waals surface area contributed by atoms with Gasteiger partial charge in [-0.3, -0.25) is 0 Å². The van der Waals surface area contributed by atoms with E-state index in [1.54, 1.807) is 0 Å². The van der Waals surface area contributed by atoms with Gasteiger partial charge < -0.3 is 5.73 Å². The second kappa shape index (κ2) is 5.23. The lowest BCUT2D eigenvalue weighted by Crippen LogP contribution is -2.15. The van der Waals surface area contributed by atoms with E-state index in [0.29, 0.717) is 5.56 Å². The van der Waals surface area contributed by atoms with Crippen LogP contribution in [-0.4, -0.2) is 0 Å². The molecule has 0 bridgehead atoms. The smallest absolute Gasteiger partial charge is 0.164 e. The van der Waals surface area contributed by atoms with Crippen LogP contribution in [0.5, 0.6) is 0 Å². The van der Waals surface area contributed by atoms with Gasteiger partial charge in [0.1, 0.15) is 5.82 Å². The standard InChI is InChI=1S/C14H11ClF3N/c1-7-2-4-9(13(18)12(7)17)14(19)8-3-5-10(15)11(16)6-8/h2-6,14H,19H2,1H3. The Bertz CT molecular complexity index is 628. The van der Waals surface area contributed by atoms with Gasteiger partial charge in [0.15, 0.2) is 11.6 Å². The van der Waals surface area contributed by atoms with Gasteiger partial charge in [-0.05, 0) is 30.2 Å². The Morgan fingerprint density at radius 3 is 2.37 bits per heavy atom. The highest BCUT2D eigenvalue weighted by Crippen LogP contribution is 2.27. The number of hydrogen-bond donors (Lipinski definition) is 1. The van der Waals surface area contributed by atoms with Crippen LogP contribution in [0.4, 0.5) is 13.2 Å². The Kier molecular flexibility index (Phi) is 3.83. The van der Waals surface area contributed by atoms with Crippen molar-refractivity contribution in [1.82, 2.24) is 0 Å². The van der Waals surface area contributed by atoms with Crippen molar-refractivity contribution in [3.63, 3.8) is 0 Å². The minimum Gasteiger partial charge on any atom is -0.320 e. The highest BCUT2D eigenvalue weighted by atomic mass is 35.5. The molecule has 0 saturated carbocycles. The fraction of sp³-hybridized carbons (Fsp3) is 0.143. The molecule has 2 N–H and O–H groups in total. The van der Waals surface area contributed by atoms with Crippen LogP contribution >= 0.6 is 11.6 Å². The molecule has 0 fully saturated rings. The first-order chi connectivity index (χ1) is 8.91. The highest BCUT2D eigenvalue weighted by Gasteiger charge is 2.18. The molecular formula is C14H11ClF3N. The lowest BCUT2D eigenvalue weighted by Gasteiger charge is -2.15. The van der Waals surface area contributed by atoms with Gasteiger partial charge in [0.05, 0.1) is 11.1 Å². The van der Waals surface area contributed by atoms with Crippen LogP contribution in [0.1, 0.15) is 22.7 Å². The number of halogens is 4. The number of benzene rings is 2. The molecule has 2 aromatic carbocycles. The van der Waals surface area contributed by atoms with Crippen molar-refractivity contribution in [2.24, 2.45) is 5.73 Å². The van der Waals surface area contributed by atoms with Crippen LogP contribution in [0.15, 0.2) is 30.3 Å². The van der Waals surface area contributed by atoms with Crippen molar-refractivity contribution in [2.45, 2.75) is 13.0 Å². The second-order valence-corrected chi connectivity index (χ2v) is 4.66. The van der Waals surface area contributed by atoms with E-state index in [1.165, 1.54) is 31.2 Å². The molecular weight excluding hydrogens is 275 g/mol. The molecule has 0 saturated heterocycles. The van der Waals surface area contributed by atoms with E-state index >= 15 is 0 Å². The summed E-state index contributed by atoms with van der Waals surface area (Å²) >= 11 is 5.56. The van der Waals surface area contributed by atoms with Crippen molar-refractivity contribution in [3.8, 4) is 0 Å². The molecule has 0 heterocycles. The molecule has 1 unspecified atom stereocenters. The molecule has 5 heteroatoms. The molecule has 0 aliphatic carbocycles. The largest absolute Gasteiger partial charge is 0.320 e. The Balaban J connectivity index is 2.47. The van der Waals surface area contributed by atoms with Crippen molar-refractivity contribution < 1.29 is 13.2 Å². The lowest BCUT2D eigenvalue weighted by atomic mass is 9.97. The average molecular weight is 286 g/mol. The molecule has 0 aliphatic heterocycles. The predicted molar refractivity (Wildman–Crippen MR) is 68.5 cm³/mol. The minimum absolute atomic E-state index is 0.0233. The summed E-state index contributed by atoms with van der Waals surface area (Å²) < 4.78 is 40.6. The maximum absolute atomic E-state index is 13.8. The number of hydrogen-bond acceptors (Lipinski definition) is 1. The zero-order chi connectivity index (χ0) is 14.2. The summed E-state index contributed by atoms with van der Waals surface area (Å²) in [5, 5.41) is -0.0495. The van der Waals surface area contributed by atoms with Gasteiger partial charge in [-0.15, -0.1) is 0 Å². The van der Waals surface area contributed by atoms with Crippen LogP contribution in [-0.2, 0) is 0 Å². The molecule has 2 rings (SSSR count). The zero-order valence-corrected chi connectivity index (χ0v) is 10.8. The fourth-order valence-corrected chi connectivity index (χ4v) is 1.90. The van der Waals surface area contributed by atoms with E-state index in [0.717, 1.165) is 6.07 Å². The first kappa shape index (κ1) is 13.9. The van der Waals surface area contributed by atoms with Crippen molar-refractivity contribution in [2.75, 3.05) is 0 Å². The van der Waals surface area contributed by atoms with E-state index < -0.39 is 23.5 Å². The predicted octanol–water partition coefficient (Wildman–Crippen LogP) is 4.11. The molecule has 100 valence electrons. The van der Waals surface area contributed by atoms with Gasteiger partial charge >= 0.3 is 0 Å². The third-order valence-electron chi connectivity index (χ3n) is 2.94. The SMILES string of the molecule is Cc1ccc(C(N)c2ccc(Cl)c(F)c2)c(F)c1F. The summed E-state index contributed by atoms with van der Waals surface area (Å²) in [7, 11) is 0. The molecule has 0 spiro atoms. The van der Waals surface area contributed by atoms with Crippen LogP contribution < -0.4 is 5.73 Å². The number of aryl methyl sites for hydroxylation is 1. The monoisotopic (exact) mass is 285 g/mol. The lowest BCUT2D eigenvalue weighted by molar-refractivity contribution is 0.489. The van der Waals surface area contributed by atoms with Gasteiger partial charge in [0.25, 0.3) is 0 Å². The highest BCUT2D eigenvalue weighted by molar-refractivity contribution is 6.30. The van der Waals surface area contributed by atoms with Crippen LogP contribution in [0, 0.1) is 24.4 Å². The number of rotatable bonds is 2. The van der Waals surface area contributed by atoms with E-state index in [1.807, 2.05) is 0 Å². The summed E-state index contributed by atoms with van der Waals surface area (Å²) in [5.74, 6) is -2.60. The molecule has 0 aliphatic rings. The summed E-state index contributed by atoms with van der Waals surface area (Å²) in [6.45, 7) is 1.45. The molecule has 2 aromatic rings. The Labute approximate surface area is 113 Å². The molecule has 0 aromatic heterocycles. The van der Waals surface area contributed by atoms with Gasteiger partial charge in [-0.2, -0.15) is 0 Å². The van der Waals surface area contributed by atoms with Crippen LogP contribution in [0.2, 0.25) is 5.02 Å². The third kappa shape index (κ3) is 2.60. The van der Waals surface area contributed by atoms with E-state index in [4.69, 9.17) is 17.3 Å². The van der Waals surface area contributed by atoms with Gasteiger partial charge in [0.2, 0.25) is 0 Å². The molecule has 1 atom stereocenters. The first-order valence-electron chi connectivity index (χ1n) is 5.57. The molecule has 1 nitrogen and oxygen atoms in total. The second-order valence-electron chi connectivity index (χ2n) is 4.25. The normalized spacial score (nSPS) is 12.5. The maximum Gasteiger partial charge on any atom is 0.164 e. The maximum atomic E-state index is 13.8. The third-order valence-corrected chi connectivity index (χ3v) is 3.25. The minimum atomic E-state index is -1.01. The summed E-state index contributed by atoms with van der Waals surface area (Å²) in [6.07, 6.45) is 0. The van der Waals surface area contributed by atoms with Crippen molar-refractivity contribution >= 4 is 11.6 Å². The Morgan fingerprint density at radius 1 is 1.05 bits per heavy atom. The van der Waals surface area contributed by atoms with Gasteiger partial charge in [-0.1, -0.05) is 29.8 Å². The summed E-state index contributed by atoms with van der Waals surface area (Å²) in [5.41, 5.74) is 6.33. The van der Waals surface area contributed by atoms with Crippen molar-refractivity contribution in [1.29, 1.82) is 0 Å². The van der Waals surface area contributed by atoms with Crippen molar-refractivity contribution in [3.05, 3.63) is 69.5 Å². The van der Waals surface area contributed by atoms with Gasteiger partial charge in [0, 0.05) is 5.56 Å². The van der Waals surface area contributed by atoms with E-state index in [2.05, 4.69) is 0 Å². The summed E-state index contributed by atoms with van der Waals surface area (Å²) in [6, 6.07) is 5.79. The first-order valence-corrected chi connectivity index (χ1v) is 5.94.